The summed E-state index contributed by atoms with van der Waals surface area (Å²) in [6.07, 6.45) is 3.99. The summed E-state index contributed by atoms with van der Waals surface area (Å²) < 4.78 is 4.99. The van der Waals surface area contributed by atoms with Gasteiger partial charge in [0.2, 0.25) is 0 Å². The molecule has 2 N–H and O–H groups in total. The Hall–Kier alpha value is -2.08. The second-order valence-electron chi connectivity index (χ2n) is 6.17. The van der Waals surface area contributed by atoms with Gasteiger partial charge >= 0.3 is 5.97 Å². The summed E-state index contributed by atoms with van der Waals surface area (Å²) in [6, 6.07) is 7.45. The number of ether oxygens (including phenoxy) is 1. The van der Waals surface area contributed by atoms with Crippen molar-refractivity contribution < 1.29 is 9.53 Å². The van der Waals surface area contributed by atoms with E-state index in [2.05, 4.69) is 20.5 Å². The number of aliphatic imine (C=N–C) groups is 1. The third-order valence-electron chi connectivity index (χ3n) is 4.32. The minimum absolute atomic E-state index is 0.280. The van der Waals surface area contributed by atoms with Crippen molar-refractivity contribution in [3.8, 4) is 0 Å². The SMILES string of the molecule is CCOC(=O)c1ccc(CNC(=NC)NCCN2CCCCC2)cc1. The molecule has 1 heterocycles. The van der Waals surface area contributed by atoms with Crippen molar-refractivity contribution in [2.75, 3.05) is 39.8 Å². The molecule has 0 amide bonds. The first-order valence-electron chi connectivity index (χ1n) is 9.16. The first kappa shape index (κ1) is 19.2. The topological polar surface area (TPSA) is 66.0 Å². The fourth-order valence-electron chi connectivity index (χ4n) is 2.89. The summed E-state index contributed by atoms with van der Waals surface area (Å²) in [6.45, 7) is 7.21. The molecule has 1 aromatic rings. The van der Waals surface area contributed by atoms with Gasteiger partial charge in [0, 0.05) is 26.7 Å². The highest BCUT2D eigenvalue weighted by molar-refractivity contribution is 5.89. The number of guanidine groups is 1. The predicted octanol–water partition coefficient (Wildman–Crippen LogP) is 2.01. The zero-order chi connectivity index (χ0) is 17.9. The van der Waals surface area contributed by atoms with Gasteiger partial charge in [-0.1, -0.05) is 18.6 Å². The van der Waals surface area contributed by atoms with Crippen LogP contribution in [-0.4, -0.2) is 56.7 Å². The lowest BCUT2D eigenvalue weighted by molar-refractivity contribution is 0.0526. The average molecular weight is 346 g/mol. The third-order valence-corrected chi connectivity index (χ3v) is 4.32. The molecule has 0 atom stereocenters. The number of benzene rings is 1. The van der Waals surface area contributed by atoms with Gasteiger partial charge in [0.05, 0.1) is 12.2 Å². The maximum atomic E-state index is 11.6. The summed E-state index contributed by atoms with van der Waals surface area (Å²) in [5.74, 6) is 0.517. The lowest BCUT2D eigenvalue weighted by Crippen LogP contribution is -2.42. The van der Waals surface area contributed by atoms with Crippen LogP contribution in [0.4, 0.5) is 0 Å². The van der Waals surface area contributed by atoms with Crippen molar-refractivity contribution in [1.82, 2.24) is 15.5 Å². The standard InChI is InChI=1S/C19H30N4O2/c1-3-25-18(24)17-9-7-16(8-10-17)15-22-19(20-2)21-11-14-23-12-5-4-6-13-23/h7-10H,3-6,11-15H2,1-2H3,(H2,20,21,22). The van der Waals surface area contributed by atoms with E-state index in [0.29, 0.717) is 18.7 Å². The molecule has 1 aliphatic rings. The van der Waals surface area contributed by atoms with Crippen LogP contribution in [0.15, 0.2) is 29.3 Å². The van der Waals surface area contributed by atoms with E-state index in [1.165, 1.54) is 32.4 Å². The van der Waals surface area contributed by atoms with Crippen LogP contribution in [0.1, 0.15) is 42.1 Å². The van der Waals surface area contributed by atoms with Gasteiger partial charge in [0.25, 0.3) is 0 Å². The first-order valence-corrected chi connectivity index (χ1v) is 9.16. The van der Waals surface area contributed by atoms with Crippen molar-refractivity contribution in [1.29, 1.82) is 0 Å². The smallest absolute Gasteiger partial charge is 0.338 e. The van der Waals surface area contributed by atoms with Crippen molar-refractivity contribution in [2.45, 2.75) is 32.7 Å². The fourth-order valence-corrected chi connectivity index (χ4v) is 2.89. The molecule has 25 heavy (non-hydrogen) atoms. The van der Waals surface area contributed by atoms with E-state index in [0.717, 1.165) is 24.6 Å². The molecule has 1 aliphatic heterocycles. The number of carbonyl (C=O) groups is 1. The molecule has 0 aliphatic carbocycles. The molecule has 0 saturated carbocycles. The van der Waals surface area contributed by atoms with Gasteiger partial charge in [-0.2, -0.15) is 0 Å². The average Bonchev–Trinajstić information content (AvgIpc) is 2.66. The lowest BCUT2D eigenvalue weighted by atomic mass is 10.1. The van der Waals surface area contributed by atoms with E-state index in [9.17, 15) is 4.79 Å². The number of likely N-dealkylation sites (tertiary alicyclic amines) is 1. The van der Waals surface area contributed by atoms with E-state index in [1.54, 1.807) is 26.1 Å². The molecule has 0 radical (unpaired) electrons. The largest absolute Gasteiger partial charge is 0.462 e. The summed E-state index contributed by atoms with van der Waals surface area (Å²) in [4.78, 5) is 18.4. The highest BCUT2D eigenvalue weighted by atomic mass is 16.5. The number of hydrogen-bond donors (Lipinski definition) is 2. The van der Waals surface area contributed by atoms with Crippen LogP contribution in [0.25, 0.3) is 0 Å². The van der Waals surface area contributed by atoms with E-state index in [4.69, 9.17) is 4.74 Å². The van der Waals surface area contributed by atoms with Crippen molar-refractivity contribution >= 4 is 11.9 Å². The Morgan fingerprint density at radius 2 is 1.88 bits per heavy atom. The molecule has 1 saturated heterocycles. The van der Waals surface area contributed by atoms with E-state index in [1.807, 2.05) is 12.1 Å². The van der Waals surface area contributed by atoms with Crippen molar-refractivity contribution in [3.63, 3.8) is 0 Å². The molecule has 0 aromatic heterocycles. The van der Waals surface area contributed by atoms with Gasteiger partial charge in [0.1, 0.15) is 0 Å². The number of carbonyl (C=O) groups excluding carboxylic acids is 1. The third kappa shape index (κ3) is 6.74. The number of piperidine rings is 1. The summed E-state index contributed by atoms with van der Waals surface area (Å²) in [5.41, 5.74) is 1.67. The number of nitrogens with one attached hydrogen (secondary N) is 2. The van der Waals surface area contributed by atoms with Gasteiger partial charge in [-0.25, -0.2) is 4.79 Å². The Morgan fingerprint density at radius 1 is 1.16 bits per heavy atom. The Morgan fingerprint density at radius 3 is 2.52 bits per heavy atom. The molecule has 0 spiro atoms. The van der Waals surface area contributed by atoms with Crippen LogP contribution < -0.4 is 10.6 Å². The number of hydrogen-bond acceptors (Lipinski definition) is 4. The monoisotopic (exact) mass is 346 g/mol. The van der Waals surface area contributed by atoms with Gasteiger partial charge in [0.15, 0.2) is 5.96 Å². The second kappa shape index (κ2) is 10.7. The van der Waals surface area contributed by atoms with Crippen molar-refractivity contribution in [2.24, 2.45) is 4.99 Å². The van der Waals surface area contributed by atoms with E-state index < -0.39 is 0 Å². The van der Waals surface area contributed by atoms with Crippen LogP contribution in [0.5, 0.6) is 0 Å². The zero-order valence-electron chi connectivity index (χ0n) is 15.4. The second-order valence-corrected chi connectivity index (χ2v) is 6.17. The Labute approximate surface area is 150 Å². The molecule has 1 aromatic carbocycles. The van der Waals surface area contributed by atoms with Gasteiger partial charge in [-0.3, -0.25) is 4.99 Å². The number of esters is 1. The van der Waals surface area contributed by atoms with Crippen LogP contribution in [0.2, 0.25) is 0 Å². The minimum atomic E-state index is -0.280. The summed E-state index contributed by atoms with van der Waals surface area (Å²) >= 11 is 0. The Balaban J connectivity index is 1.71. The molecule has 2 rings (SSSR count). The van der Waals surface area contributed by atoms with Gasteiger partial charge < -0.3 is 20.3 Å². The highest BCUT2D eigenvalue weighted by Crippen LogP contribution is 2.07. The molecule has 6 nitrogen and oxygen atoms in total. The van der Waals surface area contributed by atoms with Crippen LogP contribution in [-0.2, 0) is 11.3 Å². The number of nitrogens with zero attached hydrogens (tertiary/aromatic N) is 2. The van der Waals surface area contributed by atoms with Crippen LogP contribution in [0, 0.1) is 0 Å². The maximum absolute atomic E-state index is 11.6. The summed E-state index contributed by atoms with van der Waals surface area (Å²) in [5, 5.41) is 6.66. The molecule has 6 heteroatoms. The molecule has 1 fully saturated rings. The van der Waals surface area contributed by atoms with Crippen molar-refractivity contribution in [3.05, 3.63) is 35.4 Å². The molecule has 138 valence electrons. The minimum Gasteiger partial charge on any atom is -0.462 e. The Kier molecular flexibility index (Phi) is 8.25. The van der Waals surface area contributed by atoms with Gasteiger partial charge in [-0.15, -0.1) is 0 Å². The molecular formula is C19H30N4O2. The van der Waals surface area contributed by atoms with E-state index in [-0.39, 0.29) is 5.97 Å². The van der Waals surface area contributed by atoms with E-state index >= 15 is 0 Å². The molecule has 0 unspecified atom stereocenters. The van der Waals surface area contributed by atoms with Crippen LogP contribution in [0.3, 0.4) is 0 Å². The zero-order valence-corrected chi connectivity index (χ0v) is 15.4. The first-order chi connectivity index (χ1) is 12.2. The Bertz CT molecular complexity index is 551. The predicted molar refractivity (Wildman–Crippen MR) is 101 cm³/mol. The highest BCUT2D eigenvalue weighted by Gasteiger charge is 2.09. The molecule has 0 bridgehead atoms. The summed E-state index contributed by atoms with van der Waals surface area (Å²) in [7, 11) is 1.78. The van der Waals surface area contributed by atoms with Crippen LogP contribution >= 0.6 is 0 Å². The van der Waals surface area contributed by atoms with Gasteiger partial charge in [-0.05, 0) is 50.6 Å². The quantitative estimate of drug-likeness (QED) is 0.449. The maximum Gasteiger partial charge on any atom is 0.338 e. The normalized spacial score (nSPS) is 15.7. The number of rotatable bonds is 7. The molecular weight excluding hydrogens is 316 g/mol. The lowest BCUT2D eigenvalue weighted by Gasteiger charge is -2.26. The fraction of sp³-hybridized carbons (Fsp3) is 0.579.